The number of nitrogens with one attached hydrogen (secondary N) is 1. The van der Waals surface area contributed by atoms with Gasteiger partial charge >= 0.3 is 5.97 Å². The highest BCUT2D eigenvalue weighted by molar-refractivity contribution is 7.96. The Kier molecular flexibility index (Phi) is 18.1. The number of ether oxygens (including phenoxy) is 2. The molecule has 2 rings (SSSR count). The van der Waals surface area contributed by atoms with Crippen molar-refractivity contribution in [3.05, 3.63) is 137 Å². The highest BCUT2D eigenvalue weighted by atomic mass is 32.2. The summed E-state index contributed by atoms with van der Waals surface area (Å²) in [4.78, 5) is 12.1. The fourth-order valence-electron chi connectivity index (χ4n) is 4.72. The van der Waals surface area contributed by atoms with Crippen LogP contribution in [0.4, 0.5) is 5.69 Å². The molecule has 2 aromatic carbocycles. The van der Waals surface area contributed by atoms with E-state index < -0.39 is 10.0 Å². The van der Waals surface area contributed by atoms with Crippen molar-refractivity contribution in [2.75, 3.05) is 24.5 Å². The molecule has 8 heteroatoms. The number of nitrogens with zero attached hydrogens (tertiary/aromatic N) is 1. The van der Waals surface area contributed by atoms with Crippen LogP contribution in [0.1, 0.15) is 71.4 Å². The first kappa shape index (κ1) is 40.0. The number of rotatable bonds is 21. The maximum absolute atomic E-state index is 14.1. The largest absolute Gasteiger partial charge is 0.496 e. The number of hydrogen-bond acceptors (Lipinski definition) is 6. The van der Waals surface area contributed by atoms with E-state index >= 15 is 0 Å². The molecular weight excluding hydrogens is 621 g/mol. The standard InChI is InChI=1S/C40H54N2O5S/c1-8-11-16-32(4)34(6)48(44,45)42(39-22-19-35(20-23-39)21-24-40(43)47-27-10-3)26-25-36(15-9-2)29-38(28-33(5)41-7)31-46-30-37-17-13-12-14-18-37/h8-9,11-20,22-23,29,31,33,41H,6,10,21,24-28,30H2,1-5,7H3/b11-8-,15-9-,32-16-,36-29+,38-31+. The van der Waals surface area contributed by atoms with Gasteiger partial charge in [0.25, 0.3) is 10.0 Å². The van der Waals surface area contributed by atoms with Crippen LogP contribution >= 0.6 is 0 Å². The third kappa shape index (κ3) is 13.9. The lowest BCUT2D eigenvalue weighted by Gasteiger charge is -2.26. The van der Waals surface area contributed by atoms with Crippen molar-refractivity contribution in [2.24, 2.45) is 0 Å². The van der Waals surface area contributed by atoms with E-state index in [9.17, 15) is 13.2 Å². The second-order valence-corrected chi connectivity index (χ2v) is 13.5. The number of hydrogen-bond donors (Lipinski definition) is 1. The molecule has 1 atom stereocenters. The highest BCUT2D eigenvalue weighted by Crippen LogP contribution is 2.28. The summed E-state index contributed by atoms with van der Waals surface area (Å²) in [5.74, 6) is -0.240. The first-order valence-corrected chi connectivity index (χ1v) is 18.1. The quantitative estimate of drug-likeness (QED) is 0.0810. The van der Waals surface area contributed by atoms with Gasteiger partial charge in [0.15, 0.2) is 0 Å². The van der Waals surface area contributed by atoms with Gasteiger partial charge in [0.1, 0.15) is 6.61 Å². The zero-order chi connectivity index (χ0) is 35.4. The van der Waals surface area contributed by atoms with Gasteiger partial charge in [-0.15, -0.1) is 0 Å². The lowest BCUT2D eigenvalue weighted by Crippen LogP contribution is -2.33. The second-order valence-electron chi connectivity index (χ2n) is 11.6. The Balaban J connectivity index is 2.42. The molecule has 2 aromatic rings. The number of sulfonamides is 1. The maximum Gasteiger partial charge on any atom is 0.306 e. The molecule has 48 heavy (non-hydrogen) atoms. The van der Waals surface area contributed by atoms with E-state index in [1.165, 1.54) is 4.31 Å². The van der Waals surface area contributed by atoms with Gasteiger partial charge in [-0.05, 0) is 100 Å². The molecule has 1 N–H and O–H groups in total. The molecular formula is C40H54N2O5S. The first-order valence-electron chi connectivity index (χ1n) is 16.7. The van der Waals surface area contributed by atoms with Crippen LogP contribution in [0.2, 0.25) is 0 Å². The molecule has 1 unspecified atom stereocenters. The van der Waals surface area contributed by atoms with Gasteiger partial charge in [-0.1, -0.05) is 92.4 Å². The van der Waals surface area contributed by atoms with Gasteiger partial charge in [0.05, 0.1) is 23.5 Å². The average Bonchev–Trinajstić information content (AvgIpc) is 3.09. The Morgan fingerprint density at radius 2 is 1.71 bits per heavy atom. The van der Waals surface area contributed by atoms with Crippen molar-refractivity contribution in [3.8, 4) is 0 Å². The van der Waals surface area contributed by atoms with E-state index in [4.69, 9.17) is 9.47 Å². The Hall–Kier alpha value is -4.14. The summed E-state index contributed by atoms with van der Waals surface area (Å²) in [7, 11) is -2.05. The van der Waals surface area contributed by atoms with Crippen LogP contribution in [-0.2, 0) is 37.3 Å². The van der Waals surface area contributed by atoms with Gasteiger partial charge in [-0.3, -0.25) is 9.10 Å². The second kappa shape index (κ2) is 21.7. The summed E-state index contributed by atoms with van der Waals surface area (Å²) in [6.07, 6.45) is 16.0. The zero-order valence-electron chi connectivity index (χ0n) is 29.6. The van der Waals surface area contributed by atoms with Crippen LogP contribution in [0, 0.1) is 0 Å². The topological polar surface area (TPSA) is 84.9 Å². The smallest absolute Gasteiger partial charge is 0.306 e. The number of esters is 1. The molecule has 0 saturated carbocycles. The minimum Gasteiger partial charge on any atom is -0.496 e. The molecule has 260 valence electrons. The van der Waals surface area contributed by atoms with Gasteiger partial charge in [0.2, 0.25) is 0 Å². The number of carbonyl (C=O) groups is 1. The summed E-state index contributed by atoms with van der Waals surface area (Å²) in [6, 6.07) is 17.5. The molecule has 0 radical (unpaired) electrons. The van der Waals surface area contributed by atoms with Crippen LogP contribution in [0.3, 0.4) is 0 Å². The van der Waals surface area contributed by atoms with Crippen molar-refractivity contribution in [3.63, 3.8) is 0 Å². The Morgan fingerprint density at radius 1 is 1.00 bits per heavy atom. The fraction of sp³-hybridized carbons (Fsp3) is 0.375. The van der Waals surface area contributed by atoms with Crippen molar-refractivity contribution in [2.45, 2.75) is 79.4 Å². The first-order chi connectivity index (χ1) is 23.0. The molecule has 0 aromatic heterocycles. The van der Waals surface area contributed by atoms with Crippen LogP contribution in [-0.4, -0.2) is 40.6 Å². The Bertz CT molecular complexity index is 1550. The summed E-state index contributed by atoms with van der Waals surface area (Å²) >= 11 is 0. The summed E-state index contributed by atoms with van der Waals surface area (Å²) in [5, 5.41) is 3.29. The van der Waals surface area contributed by atoms with Crippen molar-refractivity contribution in [1.29, 1.82) is 0 Å². The molecule has 0 aliphatic rings. The van der Waals surface area contributed by atoms with Crippen LogP contribution < -0.4 is 9.62 Å². The summed E-state index contributed by atoms with van der Waals surface area (Å²) < 4.78 is 40.8. The summed E-state index contributed by atoms with van der Waals surface area (Å²) in [5.41, 5.74) is 5.04. The van der Waals surface area contributed by atoms with Crippen LogP contribution in [0.5, 0.6) is 0 Å². The number of anilines is 1. The van der Waals surface area contributed by atoms with E-state index in [2.05, 4.69) is 24.9 Å². The number of benzene rings is 2. The van der Waals surface area contributed by atoms with Crippen molar-refractivity contribution < 1.29 is 22.7 Å². The lowest BCUT2D eigenvalue weighted by atomic mass is 10.0. The van der Waals surface area contributed by atoms with Gasteiger partial charge in [-0.2, -0.15) is 0 Å². The predicted molar refractivity (Wildman–Crippen MR) is 200 cm³/mol. The minimum absolute atomic E-state index is 0.0395. The fourth-order valence-corrected chi connectivity index (χ4v) is 6.20. The monoisotopic (exact) mass is 674 g/mol. The molecule has 0 fully saturated rings. The third-order valence-corrected chi connectivity index (χ3v) is 9.53. The molecule has 0 amide bonds. The predicted octanol–water partition coefficient (Wildman–Crippen LogP) is 8.74. The van der Waals surface area contributed by atoms with Crippen molar-refractivity contribution >= 4 is 21.7 Å². The molecule has 0 spiro atoms. The minimum atomic E-state index is -3.98. The molecule has 7 nitrogen and oxygen atoms in total. The molecule has 0 bridgehead atoms. The van der Waals surface area contributed by atoms with Gasteiger partial charge < -0.3 is 14.8 Å². The van der Waals surface area contributed by atoms with E-state index in [1.54, 1.807) is 37.5 Å². The average molecular weight is 675 g/mol. The lowest BCUT2D eigenvalue weighted by molar-refractivity contribution is -0.143. The number of aryl methyl sites for hydroxylation is 1. The Morgan fingerprint density at radius 3 is 2.33 bits per heavy atom. The zero-order valence-corrected chi connectivity index (χ0v) is 30.4. The molecule has 0 heterocycles. The maximum atomic E-state index is 14.1. The SMILES string of the molecule is C=C(/C(C)=C\C=C/C)S(=O)(=O)N(CCC(/C=C\C)=C/C(=C/OCc1ccccc1)CC(C)NC)c1ccc(CCC(=O)OCCC)cc1. The normalized spacial score (nSPS) is 13.6. The molecule has 0 aliphatic heterocycles. The highest BCUT2D eigenvalue weighted by Gasteiger charge is 2.27. The van der Waals surface area contributed by atoms with E-state index in [0.29, 0.717) is 37.3 Å². The van der Waals surface area contributed by atoms with Crippen LogP contribution in [0.15, 0.2) is 126 Å². The summed E-state index contributed by atoms with van der Waals surface area (Å²) in [6.45, 7) is 14.7. The van der Waals surface area contributed by atoms with Gasteiger partial charge in [-0.25, -0.2) is 8.42 Å². The molecule has 0 aliphatic carbocycles. The Labute approximate surface area is 289 Å². The van der Waals surface area contributed by atoms with E-state index in [0.717, 1.165) is 35.1 Å². The third-order valence-electron chi connectivity index (χ3n) is 7.61. The van der Waals surface area contributed by atoms with Gasteiger partial charge in [0, 0.05) is 19.0 Å². The number of allylic oxidation sites excluding steroid dienone is 7. The van der Waals surface area contributed by atoms with E-state index in [-0.39, 0.29) is 29.9 Å². The number of carbonyl (C=O) groups excluding carboxylic acids is 1. The van der Waals surface area contributed by atoms with Crippen LogP contribution in [0.25, 0.3) is 0 Å². The molecule has 0 saturated heterocycles. The van der Waals surface area contributed by atoms with E-state index in [1.807, 2.05) is 88.5 Å². The van der Waals surface area contributed by atoms with Crippen molar-refractivity contribution in [1.82, 2.24) is 5.32 Å².